The summed E-state index contributed by atoms with van der Waals surface area (Å²) in [5, 5.41) is 15.4. The molecule has 26 heavy (non-hydrogen) atoms. The molecular weight excluding hydrogens is 344 g/mol. The Labute approximate surface area is 158 Å². The molecule has 1 aliphatic heterocycles. The van der Waals surface area contributed by atoms with Crippen molar-refractivity contribution in [1.29, 1.82) is 0 Å². The molecule has 5 nitrogen and oxygen atoms in total. The molecule has 0 bridgehead atoms. The van der Waals surface area contributed by atoms with Crippen molar-refractivity contribution in [3.8, 4) is 5.88 Å². The number of rotatable bonds is 4. The second-order valence-electron chi connectivity index (χ2n) is 7.42. The van der Waals surface area contributed by atoms with Crippen LogP contribution in [0.25, 0.3) is 4.96 Å². The lowest BCUT2D eigenvalue weighted by Crippen LogP contribution is -2.37. The fourth-order valence-electron chi connectivity index (χ4n) is 3.95. The average Bonchev–Trinajstić information content (AvgIpc) is 3.15. The second kappa shape index (κ2) is 7.00. The average molecular weight is 371 g/mol. The highest BCUT2D eigenvalue weighted by molar-refractivity contribution is 7.17. The Kier molecular flexibility index (Phi) is 4.71. The van der Waals surface area contributed by atoms with Crippen LogP contribution in [0.3, 0.4) is 0 Å². The van der Waals surface area contributed by atoms with E-state index in [9.17, 15) is 5.11 Å². The van der Waals surface area contributed by atoms with Gasteiger partial charge in [0.2, 0.25) is 10.8 Å². The van der Waals surface area contributed by atoms with Crippen LogP contribution >= 0.6 is 11.3 Å². The van der Waals surface area contributed by atoms with Crippen LogP contribution in [-0.2, 0) is 6.42 Å². The van der Waals surface area contributed by atoms with Crippen molar-refractivity contribution in [3.63, 3.8) is 0 Å². The minimum Gasteiger partial charge on any atom is -0.492 e. The Bertz CT molecular complexity index is 916. The standard InChI is InChI=1S/C20H26N4OS/c1-4-16-21-20-24(22-16)19(25)18(26-20)17(15-9-5-7-13(2)11-15)23-10-6-8-14(3)12-23/h5,7,9,11,14,17,25H,4,6,8,10,12H2,1-3H3/t14-,17+/m0/s1. The van der Waals surface area contributed by atoms with E-state index in [0.717, 1.165) is 35.2 Å². The molecule has 0 aliphatic carbocycles. The molecule has 138 valence electrons. The quantitative estimate of drug-likeness (QED) is 0.748. The topological polar surface area (TPSA) is 53.7 Å². The van der Waals surface area contributed by atoms with E-state index in [0.29, 0.717) is 5.92 Å². The van der Waals surface area contributed by atoms with E-state index in [1.807, 2.05) is 6.92 Å². The van der Waals surface area contributed by atoms with Crippen LogP contribution in [0, 0.1) is 12.8 Å². The lowest BCUT2D eigenvalue weighted by atomic mass is 9.95. The van der Waals surface area contributed by atoms with Gasteiger partial charge in [-0.25, -0.2) is 4.98 Å². The zero-order chi connectivity index (χ0) is 18.3. The zero-order valence-electron chi connectivity index (χ0n) is 15.6. The summed E-state index contributed by atoms with van der Waals surface area (Å²) in [5.41, 5.74) is 2.47. The van der Waals surface area contributed by atoms with Gasteiger partial charge < -0.3 is 5.11 Å². The number of fused-ring (bicyclic) bond motifs is 1. The number of hydrogen-bond acceptors (Lipinski definition) is 5. The van der Waals surface area contributed by atoms with Crippen LogP contribution in [0.15, 0.2) is 24.3 Å². The molecule has 2 aromatic heterocycles. The number of nitrogens with zero attached hydrogens (tertiary/aromatic N) is 4. The molecule has 1 saturated heterocycles. The summed E-state index contributed by atoms with van der Waals surface area (Å²) in [7, 11) is 0. The van der Waals surface area contributed by atoms with E-state index >= 15 is 0 Å². The summed E-state index contributed by atoms with van der Waals surface area (Å²) >= 11 is 1.56. The van der Waals surface area contributed by atoms with Crippen LogP contribution in [0.5, 0.6) is 5.88 Å². The summed E-state index contributed by atoms with van der Waals surface area (Å²) in [4.78, 5) is 8.79. The van der Waals surface area contributed by atoms with Gasteiger partial charge in [-0.15, -0.1) is 5.10 Å². The van der Waals surface area contributed by atoms with Gasteiger partial charge in [0.15, 0.2) is 5.82 Å². The number of piperidine rings is 1. The van der Waals surface area contributed by atoms with Crippen molar-refractivity contribution in [2.24, 2.45) is 5.92 Å². The first-order valence-corrected chi connectivity index (χ1v) is 10.3. The van der Waals surface area contributed by atoms with Crippen LogP contribution in [0.2, 0.25) is 0 Å². The summed E-state index contributed by atoms with van der Waals surface area (Å²) < 4.78 is 1.61. The van der Waals surface area contributed by atoms with E-state index in [-0.39, 0.29) is 11.9 Å². The fourth-order valence-corrected chi connectivity index (χ4v) is 5.08. The van der Waals surface area contributed by atoms with Crippen LogP contribution in [0.1, 0.15) is 54.6 Å². The molecule has 3 heterocycles. The zero-order valence-corrected chi connectivity index (χ0v) is 16.5. The van der Waals surface area contributed by atoms with E-state index in [1.165, 1.54) is 24.0 Å². The number of benzene rings is 1. The molecule has 1 fully saturated rings. The highest BCUT2D eigenvalue weighted by Gasteiger charge is 2.31. The number of aromatic nitrogens is 3. The Balaban J connectivity index is 1.82. The molecule has 0 radical (unpaired) electrons. The summed E-state index contributed by atoms with van der Waals surface area (Å²) in [6.07, 6.45) is 3.25. The van der Waals surface area contributed by atoms with Gasteiger partial charge in [0.05, 0.1) is 10.9 Å². The largest absolute Gasteiger partial charge is 0.492 e. The fraction of sp³-hybridized carbons (Fsp3) is 0.500. The lowest BCUT2D eigenvalue weighted by Gasteiger charge is -2.37. The third-order valence-electron chi connectivity index (χ3n) is 5.22. The maximum atomic E-state index is 10.9. The van der Waals surface area contributed by atoms with Crippen molar-refractivity contribution in [2.75, 3.05) is 13.1 Å². The maximum Gasteiger partial charge on any atom is 0.230 e. The first-order chi connectivity index (χ1) is 12.6. The molecule has 0 unspecified atom stereocenters. The SMILES string of the molecule is CCc1nc2sc([C@@H](c3cccc(C)c3)N3CCC[C@H](C)C3)c(O)n2n1. The van der Waals surface area contributed by atoms with E-state index in [1.54, 1.807) is 15.9 Å². The Morgan fingerprint density at radius 1 is 1.38 bits per heavy atom. The number of aromatic hydroxyl groups is 1. The van der Waals surface area contributed by atoms with Crippen LogP contribution in [-0.4, -0.2) is 37.7 Å². The molecular formula is C20H26N4OS. The molecule has 0 amide bonds. The summed E-state index contributed by atoms with van der Waals surface area (Å²) in [5.74, 6) is 1.69. The maximum absolute atomic E-state index is 10.9. The van der Waals surface area contributed by atoms with Crippen LogP contribution in [0.4, 0.5) is 0 Å². The van der Waals surface area contributed by atoms with Gasteiger partial charge >= 0.3 is 0 Å². The summed E-state index contributed by atoms with van der Waals surface area (Å²) in [6.45, 7) is 8.56. The molecule has 1 aromatic carbocycles. The molecule has 1 aliphatic rings. The molecule has 0 saturated carbocycles. The monoisotopic (exact) mass is 370 g/mol. The third-order valence-corrected chi connectivity index (χ3v) is 6.29. The minimum absolute atomic E-state index is 0.0521. The first-order valence-electron chi connectivity index (χ1n) is 9.44. The van der Waals surface area contributed by atoms with Crippen molar-refractivity contribution >= 4 is 16.3 Å². The lowest BCUT2D eigenvalue weighted by molar-refractivity contribution is 0.149. The van der Waals surface area contributed by atoms with Gasteiger partial charge in [-0.1, -0.05) is 55.0 Å². The predicted octanol–water partition coefficient (Wildman–Crippen LogP) is 4.19. The van der Waals surface area contributed by atoms with E-state index < -0.39 is 0 Å². The number of aryl methyl sites for hydroxylation is 2. The molecule has 3 aromatic rings. The van der Waals surface area contributed by atoms with Gasteiger partial charge in [-0.2, -0.15) is 4.52 Å². The number of thiazole rings is 1. The van der Waals surface area contributed by atoms with Crippen LogP contribution < -0.4 is 0 Å². The van der Waals surface area contributed by atoms with Crippen molar-refractivity contribution in [1.82, 2.24) is 19.5 Å². The molecule has 1 N–H and O–H groups in total. The Hall–Kier alpha value is -1.92. The molecule has 4 rings (SSSR count). The van der Waals surface area contributed by atoms with Gasteiger partial charge in [0, 0.05) is 13.0 Å². The van der Waals surface area contributed by atoms with Gasteiger partial charge in [-0.3, -0.25) is 4.90 Å². The van der Waals surface area contributed by atoms with Crippen molar-refractivity contribution < 1.29 is 5.11 Å². The smallest absolute Gasteiger partial charge is 0.230 e. The molecule has 6 heteroatoms. The highest BCUT2D eigenvalue weighted by Crippen LogP contribution is 2.41. The normalized spacial score (nSPS) is 19.9. The van der Waals surface area contributed by atoms with E-state index in [2.05, 4.69) is 53.1 Å². The number of likely N-dealkylation sites (tertiary alicyclic amines) is 1. The molecule has 2 atom stereocenters. The van der Waals surface area contributed by atoms with E-state index in [4.69, 9.17) is 0 Å². The minimum atomic E-state index is 0.0521. The highest BCUT2D eigenvalue weighted by atomic mass is 32.1. The van der Waals surface area contributed by atoms with Crippen molar-refractivity contribution in [2.45, 2.75) is 46.1 Å². The van der Waals surface area contributed by atoms with Crippen molar-refractivity contribution in [3.05, 3.63) is 46.1 Å². The summed E-state index contributed by atoms with van der Waals surface area (Å²) in [6, 6.07) is 8.68. The Morgan fingerprint density at radius 2 is 2.23 bits per heavy atom. The predicted molar refractivity (Wildman–Crippen MR) is 105 cm³/mol. The number of hydrogen-bond donors (Lipinski definition) is 1. The third kappa shape index (κ3) is 3.12. The second-order valence-corrected chi connectivity index (χ2v) is 8.43. The van der Waals surface area contributed by atoms with Gasteiger partial charge in [-0.05, 0) is 37.8 Å². The molecule has 0 spiro atoms. The Morgan fingerprint density at radius 3 is 2.92 bits per heavy atom. The van der Waals surface area contributed by atoms with Gasteiger partial charge in [0.1, 0.15) is 0 Å². The van der Waals surface area contributed by atoms with Gasteiger partial charge in [0.25, 0.3) is 0 Å². The first kappa shape index (κ1) is 17.5.